The van der Waals surface area contributed by atoms with Crippen LogP contribution in [0.15, 0.2) is 24.3 Å². The van der Waals surface area contributed by atoms with Crippen molar-refractivity contribution in [2.24, 2.45) is 29.1 Å². The first-order valence-electron chi connectivity index (χ1n) is 15.7. The van der Waals surface area contributed by atoms with Crippen LogP contribution in [0, 0.1) is 34.9 Å². The lowest BCUT2D eigenvalue weighted by Crippen LogP contribution is -2.62. The zero-order chi connectivity index (χ0) is 29.7. The molecule has 2 aliphatic carbocycles. The smallest absolute Gasteiger partial charge is 0.227 e. The number of carbonyl (C=O) groups excluding carboxylic acids is 2. The molecule has 2 aliphatic heterocycles. The van der Waals surface area contributed by atoms with Crippen molar-refractivity contribution in [2.45, 2.75) is 96.5 Å². The second-order valence-electron chi connectivity index (χ2n) is 15.0. The predicted molar refractivity (Wildman–Crippen MR) is 161 cm³/mol. The monoisotopic (exact) mass is 586 g/mol. The van der Waals surface area contributed by atoms with Crippen LogP contribution in [0.4, 0.5) is 4.39 Å². The highest BCUT2D eigenvalue weighted by atomic mass is 28.4. The Balaban J connectivity index is 1.43. The van der Waals surface area contributed by atoms with Gasteiger partial charge in [-0.05, 0) is 85.5 Å². The summed E-state index contributed by atoms with van der Waals surface area (Å²) < 4.78 is 27.0. The highest BCUT2D eigenvalue weighted by Gasteiger charge is 2.63. The van der Waals surface area contributed by atoms with Gasteiger partial charge in [-0.25, -0.2) is 4.39 Å². The lowest BCUT2D eigenvalue weighted by Gasteiger charge is -2.55. The molecule has 1 spiro atoms. The van der Waals surface area contributed by atoms with Crippen LogP contribution in [-0.2, 0) is 25.2 Å². The van der Waals surface area contributed by atoms with Gasteiger partial charge in [0.05, 0.1) is 25.2 Å². The quantitative estimate of drug-likeness (QED) is 0.389. The first-order chi connectivity index (χ1) is 19.3. The average molecular weight is 587 g/mol. The lowest BCUT2D eigenvalue weighted by atomic mass is 9.60. The van der Waals surface area contributed by atoms with Gasteiger partial charge in [0.1, 0.15) is 5.82 Å². The molecular weight excluding hydrogens is 535 g/mol. The van der Waals surface area contributed by atoms with Crippen LogP contribution in [0.5, 0.6) is 0 Å². The largest absolute Gasteiger partial charge is 0.415 e. The molecule has 5 rings (SSSR count). The zero-order valence-electron chi connectivity index (χ0n) is 26.2. The minimum Gasteiger partial charge on any atom is -0.415 e. The van der Waals surface area contributed by atoms with Gasteiger partial charge < -0.3 is 19.0 Å². The summed E-state index contributed by atoms with van der Waals surface area (Å²) in [6.45, 7) is 15.7. The van der Waals surface area contributed by atoms with Crippen LogP contribution in [0.1, 0.15) is 65.4 Å². The van der Waals surface area contributed by atoms with Crippen molar-refractivity contribution in [3.63, 3.8) is 0 Å². The van der Waals surface area contributed by atoms with Crippen molar-refractivity contribution in [2.75, 3.05) is 33.4 Å². The number of nitrogens with zero attached hydrogens (tertiary/aromatic N) is 2. The van der Waals surface area contributed by atoms with Gasteiger partial charge in [0.15, 0.2) is 8.32 Å². The van der Waals surface area contributed by atoms with Crippen LogP contribution >= 0.6 is 0 Å². The SMILES string of the molecule is COC1CCC2C(C1)CC1C2[C@@]2(CCN(C(=O)Cc3ccccc3F)C2)CN(C(C)=O)[C@H]1CO[Si](C)(C)C(C)(C)C. The Morgan fingerprint density at radius 1 is 1.10 bits per heavy atom. The van der Waals surface area contributed by atoms with Gasteiger partial charge >= 0.3 is 0 Å². The van der Waals surface area contributed by atoms with Gasteiger partial charge in [-0.2, -0.15) is 0 Å². The molecule has 0 N–H and O–H groups in total. The molecule has 2 saturated carbocycles. The van der Waals surface area contributed by atoms with E-state index in [1.54, 1.807) is 25.1 Å². The number of amides is 2. The van der Waals surface area contributed by atoms with E-state index in [1.165, 1.54) is 6.07 Å². The molecule has 2 saturated heterocycles. The number of ether oxygens (including phenoxy) is 1. The summed E-state index contributed by atoms with van der Waals surface area (Å²) in [6.07, 6.45) is 5.68. The number of methoxy groups -OCH3 is 1. The molecule has 41 heavy (non-hydrogen) atoms. The normalized spacial score (nSPS) is 33.7. The van der Waals surface area contributed by atoms with Gasteiger partial charge in [-0.15, -0.1) is 0 Å². The van der Waals surface area contributed by atoms with Crippen molar-refractivity contribution in [3.8, 4) is 0 Å². The molecule has 6 nitrogen and oxygen atoms in total. The summed E-state index contributed by atoms with van der Waals surface area (Å²) in [5.74, 6) is 1.72. The Labute approximate surface area is 247 Å². The van der Waals surface area contributed by atoms with Crippen LogP contribution in [-0.4, -0.2) is 75.4 Å². The Bertz CT molecular complexity index is 1140. The van der Waals surface area contributed by atoms with Gasteiger partial charge in [0.25, 0.3) is 0 Å². The predicted octanol–water partition coefficient (Wildman–Crippen LogP) is 5.91. The lowest BCUT2D eigenvalue weighted by molar-refractivity contribution is -0.146. The van der Waals surface area contributed by atoms with E-state index in [1.807, 2.05) is 12.0 Å². The standard InChI is InChI=1S/C33H51FN2O4Si/c1-22(37)36-21-33(14-15-35(20-33)30(38)18-23-10-8-9-11-28(23)34)31-26-13-12-25(39-5)16-24(26)17-27(31)29(36)19-40-41(6,7)32(2,3)4/h8-11,24-27,29,31H,12-21H2,1-7H3/t24?,25?,26?,27?,29-,31?,33+/m0/s1. The number of hydrogen-bond donors (Lipinski definition) is 0. The maximum absolute atomic E-state index is 14.4. The average Bonchev–Trinajstić information content (AvgIpc) is 3.51. The summed E-state index contributed by atoms with van der Waals surface area (Å²) >= 11 is 0. The minimum absolute atomic E-state index is 0.0149. The van der Waals surface area contributed by atoms with E-state index >= 15 is 0 Å². The van der Waals surface area contributed by atoms with Gasteiger partial charge in [-0.1, -0.05) is 39.0 Å². The van der Waals surface area contributed by atoms with E-state index in [9.17, 15) is 14.0 Å². The number of hydrogen-bond acceptors (Lipinski definition) is 4. The third-order valence-corrected chi connectivity index (χ3v) is 16.3. The molecule has 4 fully saturated rings. The van der Waals surface area contributed by atoms with Crippen LogP contribution in [0.2, 0.25) is 18.1 Å². The summed E-state index contributed by atoms with van der Waals surface area (Å²) in [7, 11) is -0.170. The number of fused-ring (bicyclic) bond motifs is 4. The topological polar surface area (TPSA) is 59.1 Å². The second kappa shape index (κ2) is 11.4. The van der Waals surface area contributed by atoms with Gasteiger partial charge in [0.2, 0.25) is 11.8 Å². The molecule has 2 amide bonds. The summed E-state index contributed by atoms with van der Waals surface area (Å²) in [5.41, 5.74) is 0.320. The Morgan fingerprint density at radius 2 is 1.83 bits per heavy atom. The van der Waals surface area contributed by atoms with E-state index in [0.717, 1.165) is 32.1 Å². The van der Waals surface area contributed by atoms with Crippen LogP contribution < -0.4 is 0 Å². The number of likely N-dealkylation sites (tertiary alicyclic amines) is 2. The number of halogens is 1. The summed E-state index contributed by atoms with van der Waals surface area (Å²) in [6, 6.07) is 6.63. The van der Waals surface area contributed by atoms with Crippen molar-refractivity contribution in [1.82, 2.24) is 9.80 Å². The number of carbonyl (C=O) groups is 2. The molecule has 0 aromatic heterocycles. The molecule has 0 radical (unpaired) electrons. The first-order valence-corrected chi connectivity index (χ1v) is 18.6. The number of piperidine rings is 1. The Kier molecular flexibility index (Phi) is 8.52. The maximum atomic E-state index is 14.4. The fourth-order valence-electron chi connectivity index (χ4n) is 8.61. The molecule has 0 bridgehead atoms. The van der Waals surface area contributed by atoms with Gasteiger partial charge in [-0.3, -0.25) is 9.59 Å². The maximum Gasteiger partial charge on any atom is 0.227 e. The first kappa shape index (κ1) is 30.7. The van der Waals surface area contributed by atoms with Crippen molar-refractivity contribution in [3.05, 3.63) is 35.6 Å². The Morgan fingerprint density at radius 3 is 2.49 bits per heavy atom. The number of benzene rings is 1. The molecule has 1 aromatic rings. The van der Waals surface area contributed by atoms with E-state index in [0.29, 0.717) is 61.6 Å². The van der Waals surface area contributed by atoms with E-state index in [4.69, 9.17) is 9.16 Å². The molecule has 8 heteroatoms. The van der Waals surface area contributed by atoms with Crippen molar-refractivity contribution in [1.29, 1.82) is 0 Å². The third-order valence-electron chi connectivity index (χ3n) is 11.8. The zero-order valence-corrected chi connectivity index (χ0v) is 27.2. The summed E-state index contributed by atoms with van der Waals surface area (Å²) in [5, 5.41) is 0.100. The van der Waals surface area contributed by atoms with Crippen molar-refractivity contribution < 1.29 is 23.1 Å². The van der Waals surface area contributed by atoms with E-state index in [2.05, 4.69) is 38.8 Å². The van der Waals surface area contributed by atoms with Crippen molar-refractivity contribution >= 4 is 20.1 Å². The van der Waals surface area contributed by atoms with Crippen LogP contribution in [0.3, 0.4) is 0 Å². The fraction of sp³-hybridized carbons (Fsp3) is 0.758. The molecule has 228 valence electrons. The van der Waals surface area contributed by atoms with E-state index in [-0.39, 0.29) is 40.5 Å². The van der Waals surface area contributed by atoms with E-state index < -0.39 is 8.32 Å². The number of rotatable bonds is 6. The highest BCUT2D eigenvalue weighted by molar-refractivity contribution is 6.74. The highest BCUT2D eigenvalue weighted by Crippen LogP contribution is 2.62. The minimum atomic E-state index is -2.00. The fourth-order valence-corrected chi connectivity index (χ4v) is 9.63. The summed E-state index contributed by atoms with van der Waals surface area (Å²) in [4.78, 5) is 30.9. The Hall–Kier alpha value is -1.77. The van der Waals surface area contributed by atoms with Gasteiger partial charge in [0, 0.05) is 39.1 Å². The van der Waals surface area contributed by atoms with Crippen LogP contribution in [0.25, 0.3) is 0 Å². The molecular formula is C33H51FN2O4Si. The molecule has 2 heterocycles. The third kappa shape index (κ3) is 5.77. The molecule has 4 aliphatic rings. The second-order valence-corrected chi connectivity index (χ2v) is 19.8. The molecule has 7 atom stereocenters. The molecule has 1 aromatic carbocycles. The molecule has 5 unspecified atom stereocenters.